The van der Waals surface area contributed by atoms with E-state index in [0.29, 0.717) is 22.0 Å². The Balaban J connectivity index is 2.15. The molecule has 7 nitrogen and oxygen atoms in total. The molecule has 0 saturated heterocycles. The number of hydrogen-bond acceptors (Lipinski definition) is 8. The molecular formula is C26H26F3N3O4S. The third-order valence-corrected chi connectivity index (χ3v) is 6.31. The third-order valence-electron chi connectivity index (χ3n) is 5.40. The van der Waals surface area contributed by atoms with Crippen molar-refractivity contribution in [3.63, 3.8) is 0 Å². The average molecular weight is 534 g/mol. The van der Waals surface area contributed by atoms with E-state index >= 15 is 0 Å². The fraction of sp³-hybridized carbons (Fsp3) is 0.308. The van der Waals surface area contributed by atoms with E-state index in [9.17, 15) is 22.8 Å². The number of alkyl halides is 3. The van der Waals surface area contributed by atoms with E-state index in [0.717, 1.165) is 12.1 Å². The first-order valence-electron chi connectivity index (χ1n) is 11.4. The SMILES string of the molecule is CCOC(=O)C1=C(C)N(c2cccc(C(F)(F)F)c2)C(SCCOC(C)=O)=NC1c1ccc(C=N)cc1. The van der Waals surface area contributed by atoms with E-state index in [1.54, 1.807) is 38.1 Å². The van der Waals surface area contributed by atoms with Gasteiger partial charge in [0.1, 0.15) is 12.6 Å². The summed E-state index contributed by atoms with van der Waals surface area (Å²) >= 11 is 1.19. The first-order chi connectivity index (χ1) is 17.6. The van der Waals surface area contributed by atoms with Crippen molar-refractivity contribution in [2.75, 3.05) is 23.9 Å². The van der Waals surface area contributed by atoms with E-state index in [2.05, 4.69) is 0 Å². The lowest BCUT2D eigenvalue weighted by Gasteiger charge is -2.35. The number of aliphatic imine (C=N–C) groups is 1. The van der Waals surface area contributed by atoms with Crippen molar-refractivity contribution in [3.05, 3.63) is 76.5 Å². The van der Waals surface area contributed by atoms with E-state index in [4.69, 9.17) is 19.9 Å². The molecule has 2 aromatic rings. The van der Waals surface area contributed by atoms with Gasteiger partial charge in [-0.25, -0.2) is 9.79 Å². The fourth-order valence-electron chi connectivity index (χ4n) is 3.72. The van der Waals surface area contributed by atoms with Gasteiger partial charge in [0.15, 0.2) is 5.17 Å². The number of nitrogens with zero attached hydrogens (tertiary/aromatic N) is 2. The Labute approximate surface area is 216 Å². The van der Waals surface area contributed by atoms with Gasteiger partial charge < -0.3 is 14.9 Å². The van der Waals surface area contributed by atoms with Gasteiger partial charge in [0.05, 0.1) is 17.7 Å². The van der Waals surface area contributed by atoms with E-state index in [1.165, 1.54) is 41.9 Å². The zero-order valence-electron chi connectivity index (χ0n) is 20.5. The molecular weight excluding hydrogens is 507 g/mol. The maximum absolute atomic E-state index is 13.5. The summed E-state index contributed by atoms with van der Waals surface area (Å²) in [5.41, 5.74) is 1.18. The molecule has 0 aromatic heterocycles. The number of halogens is 3. The number of thioether (sulfide) groups is 1. The Kier molecular flexibility index (Phi) is 9.14. The van der Waals surface area contributed by atoms with Crippen LogP contribution in [0.1, 0.15) is 43.5 Å². The number of nitrogens with one attached hydrogen (secondary N) is 1. The molecule has 0 fully saturated rings. The normalized spacial score (nSPS) is 15.8. The Morgan fingerprint density at radius 2 is 1.86 bits per heavy atom. The quantitative estimate of drug-likeness (QED) is 0.264. The number of hydrogen-bond donors (Lipinski definition) is 1. The Morgan fingerprint density at radius 3 is 2.46 bits per heavy atom. The topological polar surface area (TPSA) is 92.0 Å². The Hall–Kier alpha value is -3.60. The van der Waals surface area contributed by atoms with E-state index in [-0.39, 0.29) is 30.2 Å². The van der Waals surface area contributed by atoms with Crippen LogP contribution in [0.2, 0.25) is 0 Å². The zero-order chi connectivity index (χ0) is 27.2. The molecule has 1 aliphatic rings. The van der Waals surface area contributed by atoms with Gasteiger partial charge in [0, 0.05) is 30.3 Å². The predicted molar refractivity (Wildman–Crippen MR) is 137 cm³/mol. The van der Waals surface area contributed by atoms with E-state index in [1.807, 2.05) is 0 Å². The molecule has 0 spiro atoms. The van der Waals surface area contributed by atoms with E-state index < -0.39 is 29.7 Å². The van der Waals surface area contributed by atoms with Crippen molar-refractivity contribution >= 4 is 40.8 Å². The maximum atomic E-state index is 13.5. The first kappa shape index (κ1) is 28.0. The van der Waals surface area contributed by atoms with Gasteiger partial charge in [0.25, 0.3) is 0 Å². The van der Waals surface area contributed by atoms with Crippen LogP contribution >= 0.6 is 11.8 Å². The number of anilines is 1. The number of allylic oxidation sites excluding steroid dienone is 1. The van der Waals surface area contributed by atoms with Gasteiger partial charge in [-0.3, -0.25) is 9.69 Å². The summed E-state index contributed by atoms with van der Waals surface area (Å²) in [6.07, 6.45) is -3.38. The number of carbonyl (C=O) groups excluding carboxylic acids is 2. The van der Waals surface area contributed by atoms with Gasteiger partial charge in [-0.2, -0.15) is 13.2 Å². The molecule has 0 bridgehead atoms. The molecule has 11 heteroatoms. The Bertz CT molecular complexity index is 1230. The summed E-state index contributed by atoms with van der Waals surface area (Å²) in [4.78, 5) is 30.5. The van der Waals surface area contributed by atoms with Crippen LogP contribution in [0.3, 0.4) is 0 Å². The molecule has 1 heterocycles. The van der Waals surface area contributed by atoms with Crippen molar-refractivity contribution in [2.45, 2.75) is 33.0 Å². The summed E-state index contributed by atoms with van der Waals surface area (Å²) in [6, 6.07) is 10.9. The van der Waals surface area contributed by atoms with Crippen LogP contribution in [0.25, 0.3) is 0 Å². The predicted octanol–water partition coefficient (Wildman–Crippen LogP) is 5.75. The molecule has 1 unspecified atom stereocenters. The van der Waals surface area contributed by atoms with Crippen LogP contribution in [0.4, 0.5) is 18.9 Å². The largest absolute Gasteiger partial charge is 0.465 e. The third kappa shape index (κ3) is 6.79. The zero-order valence-corrected chi connectivity index (χ0v) is 21.3. The van der Waals surface area contributed by atoms with Crippen LogP contribution < -0.4 is 4.90 Å². The first-order valence-corrected chi connectivity index (χ1v) is 12.3. The highest BCUT2D eigenvalue weighted by Crippen LogP contribution is 2.40. The second kappa shape index (κ2) is 12.1. The molecule has 1 N–H and O–H groups in total. The lowest BCUT2D eigenvalue weighted by molar-refractivity contribution is -0.140. The number of ether oxygens (including phenoxy) is 2. The number of rotatable bonds is 8. The minimum Gasteiger partial charge on any atom is -0.465 e. The van der Waals surface area contributed by atoms with Gasteiger partial charge in [-0.15, -0.1) is 0 Å². The van der Waals surface area contributed by atoms with Gasteiger partial charge in [-0.1, -0.05) is 42.1 Å². The van der Waals surface area contributed by atoms with Gasteiger partial charge >= 0.3 is 18.1 Å². The second-order valence-corrected chi connectivity index (χ2v) is 8.98. The summed E-state index contributed by atoms with van der Waals surface area (Å²) < 4.78 is 50.8. The highest BCUT2D eigenvalue weighted by Gasteiger charge is 2.36. The number of esters is 2. The lowest BCUT2D eigenvalue weighted by Crippen LogP contribution is -2.35. The summed E-state index contributed by atoms with van der Waals surface area (Å²) in [6.45, 7) is 4.75. The molecule has 0 amide bonds. The molecule has 0 saturated carbocycles. The van der Waals surface area contributed by atoms with Gasteiger partial charge in [-0.05, 0) is 43.2 Å². The second-order valence-electron chi connectivity index (χ2n) is 7.92. The van der Waals surface area contributed by atoms with Crippen LogP contribution in [-0.2, 0) is 25.2 Å². The molecule has 37 heavy (non-hydrogen) atoms. The Morgan fingerprint density at radius 1 is 1.16 bits per heavy atom. The molecule has 0 aliphatic carbocycles. The fourth-order valence-corrected chi connectivity index (χ4v) is 4.62. The van der Waals surface area contributed by atoms with Crippen molar-refractivity contribution in [3.8, 4) is 0 Å². The minimum absolute atomic E-state index is 0.0711. The maximum Gasteiger partial charge on any atom is 0.416 e. The molecule has 0 radical (unpaired) electrons. The number of amidine groups is 1. The van der Waals surface area contributed by atoms with Gasteiger partial charge in [0.2, 0.25) is 0 Å². The van der Waals surface area contributed by atoms with Crippen molar-refractivity contribution in [1.82, 2.24) is 0 Å². The van der Waals surface area contributed by atoms with Crippen molar-refractivity contribution in [1.29, 1.82) is 5.41 Å². The molecule has 196 valence electrons. The molecule has 1 aliphatic heterocycles. The summed E-state index contributed by atoms with van der Waals surface area (Å²) in [5.74, 6) is -0.799. The summed E-state index contributed by atoms with van der Waals surface area (Å²) in [7, 11) is 0. The molecule has 2 aromatic carbocycles. The van der Waals surface area contributed by atoms with Crippen LogP contribution in [-0.4, -0.2) is 42.3 Å². The monoisotopic (exact) mass is 533 g/mol. The van der Waals surface area contributed by atoms with Crippen LogP contribution in [0.15, 0.2) is 64.8 Å². The smallest absolute Gasteiger partial charge is 0.416 e. The standard InChI is InChI=1S/C26H26F3N3O4S/c1-4-35-24(34)22-16(2)32(21-7-5-6-20(14-21)26(27,28)29)25(37-13-12-36-17(3)33)31-23(22)19-10-8-18(15-30)9-11-19/h5-11,14-15,23,30H,4,12-13H2,1-3H3. The van der Waals surface area contributed by atoms with Crippen LogP contribution in [0, 0.1) is 5.41 Å². The highest BCUT2D eigenvalue weighted by molar-refractivity contribution is 8.14. The van der Waals surface area contributed by atoms with Crippen molar-refractivity contribution in [2.24, 2.45) is 4.99 Å². The summed E-state index contributed by atoms with van der Waals surface area (Å²) in [5, 5.41) is 7.76. The van der Waals surface area contributed by atoms with Crippen molar-refractivity contribution < 1.29 is 32.2 Å². The molecule has 1 atom stereocenters. The van der Waals surface area contributed by atoms with Crippen LogP contribution in [0.5, 0.6) is 0 Å². The minimum atomic E-state index is -4.56. The number of carbonyl (C=O) groups is 2. The molecule has 3 rings (SSSR count). The number of benzene rings is 2. The highest BCUT2D eigenvalue weighted by atomic mass is 32.2. The average Bonchev–Trinajstić information content (AvgIpc) is 2.86. The lowest BCUT2D eigenvalue weighted by atomic mass is 9.95.